The molecule has 7 heteroatoms. The Morgan fingerprint density at radius 2 is 1.82 bits per heavy atom. The molecule has 7 nitrogen and oxygen atoms in total. The van der Waals surface area contributed by atoms with Gasteiger partial charge < -0.3 is 24.4 Å². The highest BCUT2D eigenvalue weighted by molar-refractivity contribution is 5.85. The van der Waals surface area contributed by atoms with Crippen LogP contribution in [0.5, 0.6) is 5.75 Å². The maximum Gasteiger partial charge on any atom is 0.407 e. The van der Waals surface area contributed by atoms with Crippen LogP contribution in [0.4, 0.5) is 4.79 Å². The van der Waals surface area contributed by atoms with Gasteiger partial charge in [0.1, 0.15) is 11.4 Å². The first kappa shape index (κ1) is 24.8. The van der Waals surface area contributed by atoms with Crippen LogP contribution < -0.4 is 10.1 Å². The van der Waals surface area contributed by atoms with E-state index in [1.54, 1.807) is 0 Å². The minimum Gasteiger partial charge on any atom is -0.478 e. The summed E-state index contributed by atoms with van der Waals surface area (Å²) in [5.41, 5.74) is -0.452. The van der Waals surface area contributed by atoms with Crippen molar-refractivity contribution in [2.24, 2.45) is 0 Å². The zero-order valence-corrected chi connectivity index (χ0v) is 21.3. The number of para-hydroxylation sites is 1. The SMILES string of the molecule is CC(C)(C)OC(=O)N[C@H]1CCCN2C(=O)C(C)(C)Oc3ccccc3C3CCC(CC3)OC[C@@H]12. The molecule has 34 heavy (non-hydrogen) atoms. The van der Waals surface area contributed by atoms with Crippen molar-refractivity contribution < 1.29 is 23.8 Å². The lowest BCUT2D eigenvalue weighted by Gasteiger charge is -2.44. The van der Waals surface area contributed by atoms with Crippen LogP contribution in [0.25, 0.3) is 0 Å². The van der Waals surface area contributed by atoms with E-state index >= 15 is 0 Å². The van der Waals surface area contributed by atoms with Crippen LogP contribution >= 0.6 is 0 Å². The molecule has 3 heterocycles. The van der Waals surface area contributed by atoms with Gasteiger partial charge in [0.25, 0.3) is 5.91 Å². The van der Waals surface area contributed by atoms with E-state index in [0.717, 1.165) is 44.3 Å². The van der Waals surface area contributed by atoms with Crippen LogP contribution in [0.2, 0.25) is 0 Å². The summed E-state index contributed by atoms with van der Waals surface area (Å²) < 4.78 is 18.4. The number of hydrogen-bond donors (Lipinski definition) is 1. The highest BCUT2D eigenvalue weighted by Gasteiger charge is 2.43. The van der Waals surface area contributed by atoms with Crippen LogP contribution in [0, 0.1) is 0 Å². The molecule has 1 saturated carbocycles. The monoisotopic (exact) mass is 472 g/mol. The molecule has 2 atom stereocenters. The first-order valence-electron chi connectivity index (χ1n) is 12.7. The number of fused-ring (bicyclic) bond motifs is 5. The normalized spacial score (nSPS) is 29.4. The molecule has 1 aliphatic carbocycles. The molecular weight excluding hydrogens is 432 g/mol. The van der Waals surface area contributed by atoms with Crippen molar-refractivity contribution >= 4 is 12.0 Å². The number of hydrogen-bond acceptors (Lipinski definition) is 5. The number of nitrogens with one attached hydrogen (secondary N) is 1. The van der Waals surface area contributed by atoms with E-state index in [0.29, 0.717) is 19.1 Å². The molecule has 1 N–H and O–H groups in total. The Morgan fingerprint density at radius 1 is 1.12 bits per heavy atom. The summed E-state index contributed by atoms with van der Waals surface area (Å²) in [6.45, 7) is 10.2. The zero-order valence-electron chi connectivity index (χ0n) is 21.3. The molecule has 2 fully saturated rings. The first-order valence-corrected chi connectivity index (χ1v) is 12.7. The van der Waals surface area contributed by atoms with Gasteiger partial charge in [0.15, 0.2) is 5.60 Å². The van der Waals surface area contributed by atoms with Crippen molar-refractivity contribution in [2.75, 3.05) is 13.2 Å². The molecule has 1 aromatic carbocycles. The minimum atomic E-state index is -1.05. The van der Waals surface area contributed by atoms with Crippen molar-refractivity contribution in [1.82, 2.24) is 10.2 Å². The minimum absolute atomic E-state index is 0.0850. The van der Waals surface area contributed by atoms with E-state index in [1.807, 2.05) is 57.7 Å². The molecule has 2 bridgehead atoms. The third kappa shape index (κ3) is 5.68. The van der Waals surface area contributed by atoms with Crippen molar-refractivity contribution in [2.45, 2.75) is 108 Å². The number of benzene rings is 1. The molecule has 0 spiro atoms. The quantitative estimate of drug-likeness (QED) is 0.636. The molecule has 0 radical (unpaired) electrons. The second-order valence-electron chi connectivity index (χ2n) is 11.4. The Morgan fingerprint density at radius 3 is 2.53 bits per heavy atom. The van der Waals surface area contributed by atoms with Gasteiger partial charge in [-0.3, -0.25) is 4.79 Å². The Balaban J connectivity index is 1.63. The number of carbonyl (C=O) groups excluding carboxylic acids is 2. The van der Waals surface area contributed by atoms with Gasteiger partial charge in [-0.05, 0) is 90.7 Å². The van der Waals surface area contributed by atoms with Crippen molar-refractivity contribution in [1.29, 1.82) is 0 Å². The van der Waals surface area contributed by atoms with Gasteiger partial charge in [-0.1, -0.05) is 18.2 Å². The lowest BCUT2D eigenvalue weighted by Crippen LogP contribution is -2.63. The maximum absolute atomic E-state index is 13.9. The Bertz CT molecular complexity index is 885. The Hall–Kier alpha value is -2.28. The summed E-state index contributed by atoms with van der Waals surface area (Å²) in [5.74, 6) is 1.12. The molecule has 0 unspecified atom stereocenters. The number of alkyl carbamates (subject to hydrolysis) is 1. The lowest BCUT2D eigenvalue weighted by atomic mass is 9.82. The molecule has 188 valence electrons. The summed E-state index contributed by atoms with van der Waals surface area (Å²) in [4.78, 5) is 28.3. The standard InChI is InChI=1S/C27H40N2O5/c1-26(2,3)34-25(31)28-21-10-8-16-29-22(21)17-32-19-14-12-18(13-15-19)20-9-6-7-11-23(20)33-27(4,5)24(29)30/h6-7,9,11,18-19,21-22H,8,10,12-17H2,1-5H3,(H,28,31)/t18?,19?,21-,22-/m0/s1. The number of carbonyl (C=O) groups is 2. The van der Waals surface area contributed by atoms with Gasteiger partial charge in [-0.15, -0.1) is 0 Å². The van der Waals surface area contributed by atoms with Crippen molar-refractivity contribution in [3.05, 3.63) is 29.8 Å². The van der Waals surface area contributed by atoms with Gasteiger partial charge in [-0.2, -0.15) is 0 Å². The van der Waals surface area contributed by atoms with Gasteiger partial charge in [0.2, 0.25) is 0 Å². The predicted molar refractivity (Wildman–Crippen MR) is 130 cm³/mol. The second kappa shape index (κ2) is 9.76. The molecule has 4 aliphatic rings. The predicted octanol–water partition coefficient (Wildman–Crippen LogP) is 4.78. The summed E-state index contributed by atoms with van der Waals surface area (Å²) in [7, 11) is 0. The van der Waals surface area contributed by atoms with Gasteiger partial charge in [0, 0.05) is 6.54 Å². The number of amides is 2. The van der Waals surface area contributed by atoms with Gasteiger partial charge >= 0.3 is 6.09 Å². The number of ether oxygens (including phenoxy) is 3. The van der Waals surface area contributed by atoms with Gasteiger partial charge in [-0.25, -0.2) is 4.79 Å². The molecule has 2 amide bonds. The van der Waals surface area contributed by atoms with E-state index in [-0.39, 0.29) is 24.1 Å². The average molecular weight is 473 g/mol. The highest BCUT2D eigenvalue weighted by atomic mass is 16.6. The van der Waals surface area contributed by atoms with Crippen LogP contribution in [-0.2, 0) is 14.3 Å². The first-order chi connectivity index (χ1) is 16.0. The fourth-order valence-electron chi connectivity index (χ4n) is 5.49. The Labute approximate surface area is 203 Å². The summed E-state index contributed by atoms with van der Waals surface area (Å²) in [6, 6.07) is 7.61. The van der Waals surface area contributed by atoms with Crippen LogP contribution in [0.3, 0.4) is 0 Å². The maximum atomic E-state index is 13.9. The van der Waals surface area contributed by atoms with E-state index < -0.39 is 17.3 Å². The fraction of sp³-hybridized carbons (Fsp3) is 0.704. The molecule has 1 saturated heterocycles. The third-order valence-corrected chi connectivity index (χ3v) is 7.16. The third-order valence-electron chi connectivity index (χ3n) is 7.16. The molecule has 0 aromatic heterocycles. The molecule has 5 rings (SSSR count). The zero-order chi connectivity index (χ0) is 24.5. The van der Waals surface area contributed by atoms with Gasteiger partial charge in [0.05, 0.1) is 24.8 Å². The van der Waals surface area contributed by atoms with Crippen LogP contribution in [-0.4, -0.2) is 59.4 Å². The molecule has 3 aliphatic heterocycles. The van der Waals surface area contributed by atoms with E-state index in [1.165, 1.54) is 5.56 Å². The van der Waals surface area contributed by atoms with E-state index in [4.69, 9.17) is 14.2 Å². The number of piperidine rings is 1. The largest absolute Gasteiger partial charge is 0.478 e. The molecule has 1 aromatic rings. The topological polar surface area (TPSA) is 77.1 Å². The summed E-state index contributed by atoms with van der Waals surface area (Å²) in [6.07, 6.45) is 5.30. The lowest BCUT2D eigenvalue weighted by molar-refractivity contribution is -0.153. The molecular formula is C27H40N2O5. The number of rotatable bonds is 1. The van der Waals surface area contributed by atoms with Crippen LogP contribution in [0.1, 0.15) is 84.6 Å². The smallest absolute Gasteiger partial charge is 0.407 e. The van der Waals surface area contributed by atoms with Crippen molar-refractivity contribution in [3.8, 4) is 5.75 Å². The average Bonchev–Trinajstić information content (AvgIpc) is 2.77. The van der Waals surface area contributed by atoms with Crippen molar-refractivity contribution in [3.63, 3.8) is 0 Å². The highest BCUT2D eigenvalue weighted by Crippen LogP contribution is 2.40. The fourth-order valence-corrected chi connectivity index (χ4v) is 5.49. The Kier molecular flexibility index (Phi) is 7.13. The second-order valence-corrected chi connectivity index (χ2v) is 11.4. The van der Waals surface area contributed by atoms with E-state index in [9.17, 15) is 9.59 Å². The summed E-state index contributed by atoms with van der Waals surface area (Å²) >= 11 is 0. The number of nitrogens with zero attached hydrogens (tertiary/aromatic N) is 1. The summed E-state index contributed by atoms with van der Waals surface area (Å²) in [5, 5.41) is 3.03. The van der Waals surface area contributed by atoms with E-state index in [2.05, 4.69) is 11.4 Å². The van der Waals surface area contributed by atoms with Crippen LogP contribution in [0.15, 0.2) is 24.3 Å².